The van der Waals surface area contributed by atoms with Crippen LogP contribution in [-0.2, 0) is 6.42 Å². The van der Waals surface area contributed by atoms with Crippen LogP contribution in [0.1, 0.15) is 36.4 Å². The van der Waals surface area contributed by atoms with E-state index in [1.54, 1.807) is 11.3 Å². The first-order valence-corrected chi connectivity index (χ1v) is 6.62. The van der Waals surface area contributed by atoms with Crippen LogP contribution in [0, 0.1) is 12.8 Å². The Bertz CT molecular complexity index is 293. The smallest absolute Gasteiger partial charge is 0.0928 e. The molecule has 0 radical (unpaired) electrons. The van der Waals surface area contributed by atoms with Crippen molar-refractivity contribution in [3.05, 3.63) is 16.1 Å². The molecule has 1 aromatic heterocycles. The fourth-order valence-electron chi connectivity index (χ4n) is 1.66. The van der Waals surface area contributed by atoms with Crippen molar-refractivity contribution in [1.29, 1.82) is 0 Å². The molecule has 0 amide bonds. The minimum absolute atomic E-state index is 0.427. The van der Waals surface area contributed by atoms with Gasteiger partial charge in [0.15, 0.2) is 0 Å². The zero-order valence-electron chi connectivity index (χ0n) is 8.50. The van der Waals surface area contributed by atoms with Crippen LogP contribution in [0.2, 0.25) is 0 Å². The Labute approximate surface area is 94.5 Å². The van der Waals surface area contributed by atoms with E-state index in [4.69, 9.17) is 11.6 Å². The topological polar surface area (TPSA) is 12.9 Å². The first kappa shape index (κ1) is 10.4. The molecule has 1 heterocycles. The maximum Gasteiger partial charge on any atom is 0.0928 e. The Kier molecular flexibility index (Phi) is 3.45. The van der Waals surface area contributed by atoms with Gasteiger partial charge >= 0.3 is 0 Å². The van der Waals surface area contributed by atoms with E-state index < -0.39 is 0 Å². The lowest BCUT2D eigenvalue weighted by Gasteiger charge is -2.05. The Morgan fingerprint density at radius 1 is 1.64 bits per heavy atom. The average molecular weight is 230 g/mol. The molecule has 3 heteroatoms. The summed E-state index contributed by atoms with van der Waals surface area (Å²) in [5, 5.41) is 3.81. The van der Waals surface area contributed by atoms with Gasteiger partial charge in [-0.2, -0.15) is 0 Å². The highest BCUT2D eigenvalue weighted by molar-refractivity contribution is 7.09. The number of thiazole rings is 1. The number of aryl methyl sites for hydroxylation is 2. The van der Waals surface area contributed by atoms with Gasteiger partial charge in [0.2, 0.25) is 0 Å². The second kappa shape index (κ2) is 4.63. The SMILES string of the molecule is Cc1csc(CCCC(Cl)C2CC2)n1. The molecule has 1 aliphatic rings. The van der Waals surface area contributed by atoms with Crippen LogP contribution in [0.4, 0.5) is 0 Å². The molecule has 1 nitrogen and oxygen atoms in total. The van der Waals surface area contributed by atoms with Crippen molar-refractivity contribution < 1.29 is 0 Å². The van der Waals surface area contributed by atoms with Gasteiger partial charge in [-0.25, -0.2) is 4.98 Å². The Balaban J connectivity index is 1.67. The van der Waals surface area contributed by atoms with Gasteiger partial charge in [0, 0.05) is 16.5 Å². The summed E-state index contributed by atoms with van der Waals surface area (Å²) < 4.78 is 0. The molecule has 78 valence electrons. The van der Waals surface area contributed by atoms with E-state index in [2.05, 4.69) is 17.3 Å². The quantitative estimate of drug-likeness (QED) is 0.700. The highest BCUT2D eigenvalue weighted by Gasteiger charge is 2.28. The second-order valence-electron chi connectivity index (χ2n) is 4.13. The summed E-state index contributed by atoms with van der Waals surface area (Å²) >= 11 is 8.00. The summed E-state index contributed by atoms with van der Waals surface area (Å²) in [7, 11) is 0. The highest BCUT2D eigenvalue weighted by Crippen LogP contribution is 2.37. The Morgan fingerprint density at radius 2 is 2.43 bits per heavy atom. The molecule has 1 unspecified atom stereocenters. The molecule has 14 heavy (non-hydrogen) atoms. The van der Waals surface area contributed by atoms with Crippen molar-refractivity contribution in [2.24, 2.45) is 5.92 Å². The number of alkyl halides is 1. The third-order valence-corrected chi connectivity index (χ3v) is 4.27. The monoisotopic (exact) mass is 229 g/mol. The van der Waals surface area contributed by atoms with Crippen molar-refractivity contribution in [2.75, 3.05) is 0 Å². The van der Waals surface area contributed by atoms with E-state index in [1.807, 2.05) is 0 Å². The lowest BCUT2D eigenvalue weighted by Crippen LogP contribution is -2.01. The van der Waals surface area contributed by atoms with Gasteiger partial charge in [0.05, 0.1) is 5.01 Å². The fourth-order valence-corrected chi connectivity index (χ4v) is 2.88. The van der Waals surface area contributed by atoms with E-state index in [1.165, 1.54) is 24.3 Å². The summed E-state index contributed by atoms with van der Waals surface area (Å²) in [6.07, 6.45) is 6.16. The number of hydrogen-bond acceptors (Lipinski definition) is 2. The van der Waals surface area contributed by atoms with Crippen LogP contribution in [0.25, 0.3) is 0 Å². The first-order valence-electron chi connectivity index (χ1n) is 5.31. The van der Waals surface area contributed by atoms with Gasteiger partial charge in [0.1, 0.15) is 0 Å². The maximum atomic E-state index is 6.23. The lowest BCUT2D eigenvalue weighted by atomic mass is 10.1. The summed E-state index contributed by atoms with van der Waals surface area (Å²) in [5.41, 5.74) is 1.15. The molecular formula is C11H16ClNS. The van der Waals surface area contributed by atoms with Gasteiger partial charge < -0.3 is 0 Å². The standard InChI is InChI=1S/C11H16ClNS/c1-8-7-14-11(13-8)4-2-3-10(12)9-5-6-9/h7,9-10H,2-6H2,1H3. The molecule has 0 N–H and O–H groups in total. The van der Waals surface area contributed by atoms with Crippen molar-refractivity contribution in [2.45, 2.75) is 44.4 Å². The molecule has 1 aromatic rings. The van der Waals surface area contributed by atoms with Gasteiger partial charge in [-0.1, -0.05) is 0 Å². The van der Waals surface area contributed by atoms with E-state index in [0.29, 0.717) is 5.38 Å². The minimum atomic E-state index is 0.427. The van der Waals surface area contributed by atoms with E-state index in [9.17, 15) is 0 Å². The molecule has 2 rings (SSSR count). The Morgan fingerprint density at radius 3 is 3.00 bits per heavy atom. The number of nitrogens with zero attached hydrogens (tertiary/aromatic N) is 1. The average Bonchev–Trinajstić information content (AvgIpc) is 2.92. The molecule has 0 aliphatic heterocycles. The van der Waals surface area contributed by atoms with Crippen LogP contribution in [0.15, 0.2) is 5.38 Å². The molecule has 0 spiro atoms. The lowest BCUT2D eigenvalue weighted by molar-refractivity contribution is 0.636. The van der Waals surface area contributed by atoms with Crippen LogP contribution >= 0.6 is 22.9 Å². The fraction of sp³-hybridized carbons (Fsp3) is 0.727. The predicted octanol–water partition coefficient (Wildman–Crippen LogP) is 3.79. The molecule has 1 fully saturated rings. The van der Waals surface area contributed by atoms with Gasteiger partial charge in [-0.15, -0.1) is 22.9 Å². The molecule has 1 saturated carbocycles. The third kappa shape index (κ3) is 2.96. The van der Waals surface area contributed by atoms with Crippen LogP contribution in [0.3, 0.4) is 0 Å². The van der Waals surface area contributed by atoms with E-state index in [-0.39, 0.29) is 0 Å². The van der Waals surface area contributed by atoms with Crippen molar-refractivity contribution >= 4 is 22.9 Å². The van der Waals surface area contributed by atoms with E-state index >= 15 is 0 Å². The van der Waals surface area contributed by atoms with Crippen LogP contribution in [-0.4, -0.2) is 10.4 Å². The molecule has 1 aliphatic carbocycles. The normalized spacial score (nSPS) is 18.4. The molecule has 1 atom stereocenters. The summed E-state index contributed by atoms with van der Waals surface area (Å²) in [5.74, 6) is 0.828. The van der Waals surface area contributed by atoms with Crippen LogP contribution in [0.5, 0.6) is 0 Å². The number of aromatic nitrogens is 1. The maximum absolute atomic E-state index is 6.23. The van der Waals surface area contributed by atoms with Crippen molar-refractivity contribution in [1.82, 2.24) is 4.98 Å². The highest BCUT2D eigenvalue weighted by atomic mass is 35.5. The van der Waals surface area contributed by atoms with Gasteiger partial charge in [-0.3, -0.25) is 0 Å². The minimum Gasteiger partial charge on any atom is -0.247 e. The summed E-state index contributed by atoms with van der Waals surface area (Å²) in [4.78, 5) is 4.44. The van der Waals surface area contributed by atoms with E-state index in [0.717, 1.165) is 24.5 Å². The molecule has 0 bridgehead atoms. The second-order valence-corrected chi connectivity index (χ2v) is 5.63. The third-order valence-electron chi connectivity index (χ3n) is 2.67. The number of hydrogen-bond donors (Lipinski definition) is 0. The zero-order chi connectivity index (χ0) is 9.97. The Hall–Kier alpha value is -0.0800. The molecular weight excluding hydrogens is 214 g/mol. The molecule has 0 aromatic carbocycles. The van der Waals surface area contributed by atoms with Crippen molar-refractivity contribution in [3.63, 3.8) is 0 Å². The molecule has 0 saturated heterocycles. The van der Waals surface area contributed by atoms with Crippen LogP contribution < -0.4 is 0 Å². The number of halogens is 1. The number of rotatable bonds is 5. The summed E-state index contributed by atoms with van der Waals surface area (Å²) in [6, 6.07) is 0. The predicted molar refractivity (Wildman–Crippen MR) is 62.2 cm³/mol. The zero-order valence-corrected chi connectivity index (χ0v) is 10.1. The van der Waals surface area contributed by atoms with Gasteiger partial charge in [0.25, 0.3) is 0 Å². The largest absolute Gasteiger partial charge is 0.247 e. The summed E-state index contributed by atoms with van der Waals surface area (Å²) in [6.45, 7) is 2.05. The van der Waals surface area contributed by atoms with Gasteiger partial charge in [-0.05, 0) is 44.9 Å². The first-order chi connectivity index (χ1) is 6.75. The van der Waals surface area contributed by atoms with Crippen molar-refractivity contribution in [3.8, 4) is 0 Å².